The Kier molecular flexibility index (Phi) is 4.79. The SMILES string of the molecule is O=C(Nc1nc(-c2ccc3ccccc3c2)cs1)c1ccc(-c2nc3ccccc3s2)s1. The molecule has 0 radical (unpaired) electrons. The summed E-state index contributed by atoms with van der Waals surface area (Å²) in [7, 11) is 0. The molecular weight excluding hydrogens is 454 g/mol. The first-order valence-electron chi connectivity index (χ1n) is 9.95. The average Bonchev–Trinajstić information content (AvgIpc) is 3.57. The van der Waals surface area contributed by atoms with Gasteiger partial charge in [0.25, 0.3) is 5.91 Å². The molecule has 0 atom stereocenters. The molecule has 3 aromatic heterocycles. The Hall–Kier alpha value is -3.39. The maximum atomic E-state index is 12.8. The van der Waals surface area contributed by atoms with E-state index in [9.17, 15) is 4.79 Å². The molecule has 154 valence electrons. The van der Waals surface area contributed by atoms with Crippen molar-refractivity contribution in [3.05, 3.63) is 89.1 Å². The fourth-order valence-electron chi connectivity index (χ4n) is 3.52. The number of aromatic nitrogens is 2. The van der Waals surface area contributed by atoms with E-state index >= 15 is 0 Å². The number of hydrogen-bond donors (Lipinski definition) is 1. The number of thiazole rings is 2. The molecule has 7 heteroatoms. The lowest BCUT2D eigenvalue weighted by atomic mass is 10.1. The van der Waals surface area contributed by atoms with E-state index in [1.807, 2.05) is 47.8 Å². The number of thiophene rings is 1. The van der Waals surface area contributed by atoms with Crippen LogP contribution in [0.5, 0.6) is 0 Å². The van der Waals surface area contributed by atoms with E-state index in [4.69, 9.17) is 0 Å². The number of carbonyl (C=O) groups excluding carboxylic acids is 1. The van der Waals surface area contributed by atoms with Crippen LogP contribution in [0.3, 0.4) is 0 Å². The molecule has 0 aliphatic rings. The van der Waals surface area contributed by atoms with Gasteiger partial charge in [0.1, 0.15) is 5.01 Å². The van der Waals surface area contributed by atoms with Crippen molar-refractivity contribution >= 4 is 66.0 Å². The molecule has 32 heavy (non-hydrogen) atoms. The van der Waals surface area contributed by atoms with E-state index in [0.717, 1.165) is 31.4 Å². The maximum Gasteiger partial charge on any atom is 0.267 e. The first-order valence-corrected chi connectivity index (χ1v) is 12.5. The molecule has 3 heterocycles. The monoisotopic (exact) mass is 469 g/mol. The summed E-state index contributed by atoms with van der Waals surface area (Å²) in [5.41, 5.74) is 2.88. The van der Waals surface area contributed by atoms with Crippen LogP contribution in [0.2, 0.25) is 0 Å². The summed E-state index contributed by atoms with van der Waals surface area (Å²) in [5, 5.41) is 8.80. The van der Waals surface area contributed by atoms with Crippen molar-refractivity contribution in [2.45, 2.75) is 0 Å². The molecule has 3 aromatic carbocycles. The number of para-hydroxylation sites is 1. The van der Waals surface area contributed by atoms with E-state index in [-0.39, 0.29) is 5.91 Å². The van der Waals surface area contributed by atoms with Crippen molar-refractivity contribution in [1.82, 2.24) is 9.97 Å². The number of amides is 1. The minimum Gasteiger partial charge on any atom is -0.297 e. The van der Waals surface area contributed by atoms with Gasteiger partial charge in [-0.15, -0.1) is 34.0 Å². The van der Waals surface area contributed by atoms with Crippen LogP contribution < -0.4 is 5.32 Å². The average molecular weight is 470 g/mol. The van der Waals surface area contributed by atoms with Gasteiger partial charge in [-0.1, -0.05) is 48.5 Å². The molecule has 1 amide bonds. The van der Waals surface area contributed by atoms with Gasteiger partial charge >= 0.3 is 0 Å². The smallest absolute Gasteiger partial charge is 0.267 e. The lowest BCUT2D eigenvalue weighted by Gasteiger charge is -2.01. The summed E-state index contributed by atoms with van der Waals surface area (Å²) in [5.74, 6) is -0.151. The van der Waals surface area contributed by atoms with Gasteiger partial charge in [0, 0.05) is 10.9 Å². The quantitative estimate of drug-likeness (QED) is 0.290. The van der Waals surface area contributed by atoms with Crippen LogP contribution in [0.4, 0.5) is 5.13 Å². The second kappa shape index (κ2) is 7.94. The van der Waals surface area contributed by atoms with E-state index in [0.29, 0.717) is 10.0 Å². The van der Waals surface area contributed by atoms with Crippen molar-refractivity contribution in [2.24, 2.45) is 0 Å². The fourth-order valence-corrected chi connectivity index (χ4v) is 6.16. The molecule has 6 rings (SSSR count). The highest BCUT2D eigenvalue weighted by molar-refractivity contribution is 7.26. The molecular formula is C25H15N3OS3. The zero-order chi connectivity index (χ0) is 21.5. The number of hydrogen-bond acceptors (Lipinski definition) is 6. The van der Waals surface area contributed by atoms with Gasteiger partial charge < -0.3 is 0 Å². The predicted molar refractivity (Wildman–Crippen MR) is 136 cm³/mol. The Bertz CT molecular complexity index is 1560. The van der Waals surface area contributed by atoms with Crippen molar-refractivity contribution in [3.63, 3.8) is 0 Å². The summed E-state index contributed by atoms with van der Waals surface area (Å²) in [4.78, 5) is 23.7. The van der Waals surface area contributed by atoms with Gasteiger partial charge in [-0.3, -0.25) is 10.1 Å². The second-order valence-electron chi connectivity index (χ2n) is 7.20. The molecule has 0 saturated heterocycles. The summed E-state index contributed by atoms with van der Waals surface area (Å²) < 4.78 is 1.14. The molecule has 0 aliphatic carbocycles. The Morgan fingerprint density at radius 1 is 0.812 bits per heavy atom. The third kappa shape index (κ3) is 3.60. The molecule has 1 N–H and O–H groups in total. The third-order valence-corrected chi connectivity index (χ3v) is 8.15. The van der Waals surface area contributed by atoms with Crippen molar-refractivity contribution in [2.75, 3.05) is 5.32 Å². The van der Waals surface area contributed by atoms with Crippen LogP contribution in [-0.4, -0.2) is 15.9 Å². The van der Waals surface area contributed by atoms with Gasteiger partial charge in [0.05, 0.1) is 25.7 Å². The Morgan fingerprint density at radius 3 is 2.56 bits per heavy atom. The van der Waals surface area contributed by atoms with Crippen LogP contribution in [-0.2, 0) is 0 Å². The number of carbonyl (C=O) groups is 1. The van der Waals surface area contributed by atoms with E-state index in [2.05, 4.69) is 51.7 Å². The van der Waals surface area contributed by atoms with E-state index in [1.54, 1.807) is 11.3 Å². The summed E-state index contributed by atoms with van der Waals surface area (Å²) in [6.07, 6.45) is 0. The number of rotatable bonds is 4. The van der Waals surface area contributed by atoms with Gasteiger partial charge in [-0.2, -0.15) is 0 Å². The highest BCUT2D eigenvalue weighted by Gasteiger charge is 2.15. The first kappa shape index (κ1) is 19.3. The minimum absolute atomic E-state index is 0.151. The summed E-state index contributed by atoms with van der Waals surface area (Å²) in [6, 6.07) is 26.4. The molecule has 0 unspecified atom stereocenters. The minimum atomic E-state index is -0.151. The van der Waals surface area contributed by atoms with E-state index in [1.165, 1.54) is 33.4 Å². The maximum absolute atomic E-state index is 12.8. The zero-order valence-corrected chi connectivity index (χ0v) is 19.1. The van der Waals surface area contributed by atoms with Crippen LogP contribution in [0, 0.1) is 0 Å². The van der Waals surface area contributed by atoms with Gasteiger partial charge in [-0.05, 0) is 41.1 Å². The number of anilines is 1. The zero-order valence-electron chi connectivity index (χ0n) is 16.6. The highest BCUT2D eigenvalue weighted by atomic mass is 32.1. The van der Waals surface area contributed by atoms with Crippen molar-refractivity contribution in [3.8, 4) is 21.1 Å². The number of nitrogens with zero attached hydrogens (tertiary/aromatic N) is 2. The number of fused-ring (bicyclic) bond motifs is 2. The molecule has 6 aromatic rings. The number of benzene rings is 3. The van der Waals surface area contributed by atoms with E-state index < -0.39 is 0 Å². The van der Waals surface area contributed by atoms with Gasteiger partial charge in [0.15, 0.2) is 5.13 Å². The van der Waals surface area contributed by atoms with Crippen LogP contribution >= 0.6 is 34.0 Å². The van der Waals surface area contributed by atoms with Gasteiger partial charge in [-0.25, -0.2) is 9.97 Å². The second-order valence-corrected chi connectivity index (χ2v) is 10.2. The van der Waals surface area contributed by atoms with Crippen LogP contribution in [0.1, 0.15) is 9.67 Å². The molecule has 0 saturated carbocycles. The number of nitrogens with one attached hydrogen (secondary N) is 1. The Labute approximate surface area is 195 Å². The lowest BCUT2D eigenvalue weighted by molar-refractivity contribution is 0.103. The lowest BCUT2D eigenvalue weighted by Crippen LogP contribution is -2.09. The van der Waals surface area contributed by atoms with Crippen molar-refractivity contribution in [1.29, 1.82) is 0 Å². The Morgan fingerprint density at radius 2 is 1.66 bits per heavy atom. The largest absolute Gasteiger partial charge is 0.297 e. The summed E-state index contributed by atoms with van der Waals surface area (Å²) in [6.45, 7) is 0. The van der Waals surface area contributed by atoms with Crippen LogP contribution in [0.15, 0.2) is 84.2 Å². The standard InChI is InChI=1S/C25H15N3OS3/c29-23(21-11-12-22(31-21)24-26-18-7-3-4-8-20(18)32-24)28-25-27-19(14-30-25)17-10-9-15-5-1-2-6-16(15)13-17/h1-14H,(H,27,28,29). The molecule has 0 aliphatic heterocycles. The predicted octanol–water partition coefficient (Wildman–Crippen LogP) is 7.55. The molecule has 0 fully saturated rings. The topological polar surface area (TPSA) is 54.9 Å². The normalized spacial score (nSPS) is 11.2. The van der Waals surface area contributed by atoms with Crippen LogP contribution in [0.25, 0.3) is 42.1 Å². The first-order chi connectivity index (χ1) is 15.7. The molecule has 0 spiro atoms. The third-order valence-electron chi connectivity index (χ3n) is 5.10. The summed E-state index contributed by atoms with van der Waals surface area (Å²) >= 11 is 4.51. The highest BCUT2D eigenvalue weighted by Crippen LogP contribution is 2.35. The molecule has 4 nitrogen and oxygen atoms in total. The van der Waals surface area contributed by atoms with Crippen molar-refractivity contribution < 1.29 is 4.79 Å². The molecule has 0 bridgehead atoms. The fraction of sp³-hybridized carbons (Fsp3) is 0. The van der Waals surface area contributed by atoms with Gasteiger partial charge in [0.2, 0.25) is 0 Å². The Balaban J connectivity index is 1.21.